The van der Waals surface area contributed by atoms with E-state index < -0.39 is 29.2 Å². The molecule has 1 amide bonds. The maximum absolute atomic E-state index is 12.6. The zero-order valence-corrected chi connectivity index (χ0v) is 13.8. The molecular formula is C18H23NO5. The van der Waals surface area contributed by atoms with Crippen LogP contribution in [0.3, 0.4) is 0 Å². The summed E-state index contributed by atoms with van der Waals surface area (Å²) in [6.07, 6.45) is 6.81. The summed E-state index contributed by atoms with van der Waals surface area (Å²) in [7, 11) is 0. The number of aliphatic carboxylic acids is 1. The number of amides is 1. The predicted octanol–water partition coefficient (Wildman–Crippen LogP) is 1.69. The van der Waals surface area contributed by atoms with Crippen molar-refractivity contribution < 1.29 is 24.2 Å². The van der Waals surface area contributed by atoms with E-state index >= 15 is 0 Å². The van der Waals surface area contributed by atoms with Crippen LogP contribution in [0, 0.1) is 23.2 Å². The molecule has 130 valence electrons. The van der Waals surface area contributed by atoms with Gasteiger partial charge in [0, 0.05) is 11.0 Å². The van der Waals surface area contributed by atoms with Crippen LogP contribution in [-0.2, 0) is 19.1 Å². The Balaban J connectivity index is 2.01. The highest BCUT2D eigenvalue weighted by Gasteiger charge is 2.59. The van der Waals surface area contributed by atoms with Gasteiger partial charge in [0.25, 0.3) is 0 Å². The Morgan fingerprint density at radius 1 is 1.46 bits per heavy atom. The third-order valence-corrected chi connectivity index (χ3v) is 4.81. The fraction of sp³-hybridized carbons (Fsp3) is 0.500. The van der Waals surface area contributed by atoms with E-state index in [1.54, 1.807) is 13.0 Å². The Labute approximate surface area is 141 Å². The van der Waals surface area contributed by atoms with Gasteiger partial charge in [-0.15, -0.1) is 6.58 Å². The van der Waals surface area contributed by atoms with Gasteiger partial charge in [0.05, 0.1) is 18.4 Å². The van der Waals surface area contributed by atoms with Crippen LogP contribution in [0.25, 0.3) is 0 Å². The van der Waals surface area contributed by atoms with Crippen LogP contribution in [0.4, 0.5) is 0 Å². The van der Waals surface area contributed by atoms with Gasteiger partial charge < -0.3 is 15.2 Å². The number of hydrogen-bond donors (Lipinski definition) is 2. The second-order valence-corrected chi connectivity index (χ2v) is 6.50. The number of fused-ring (bicyclic) bond motifs is 2. The molecule has 1 saturated carbocycles. The van der Waals surface area contributed by atoms with Crippen LogP contribution < -0.4 is 5.32 Å². The Hall–Kier alpha value is -2.37. The van der Waals surface area contributed by atoms with Gasteiger partial charge in [-0.3, -0.25) is 9.59 Å². The molecule has 6 heteroatoms. The first kappa shape index (κ1) is 18.0. The molecule has 0 aromatic rings. The third kappa shape index (κ3) is 3.27. The van der Waals surface area contributed by atoms with Gasteiger partial charge in [-0.1, -0.05) is 24.8 Å². The molecule has 0 radical (unpaired) electrons. The number of ether oxygens (including phenoxy) is 1. The number of hydrogen-bond acceptors (Lipinski definition) is 4. The molecule has 0 aromatic heterocycles. The minimum Gasteiger partial charge on any atom is -0.481 e. The molecule has 0 spiro atoms. The second kappa shape index (κ2) is 7.03. The lowest BCUT2D eigenvalue weighted by molar-refractivity contribution is -0.149. The number of rotatable bonds is 8. The van der Waals surface area contributed by atoms with Crippen molar-refractivity contribution in [3.05, 3.63) is 37.0 Å². The van der Waals surface area contributed by atoms with Crippen LogP contribution >= 0.6 is 0 Å². The largest absolute Gasteiger partial charge is 0.481 e. The fourth-order valence-electron chi connectivity index (χ4n) is 3.82. The number of carboxylic acid groups (broad SMARTS) is 1. The van der Waals surface area contributed by atoms with Crippen LogP contribution in [-0.4, -0.2) is 36.1 Å². The van der Waals surface area contributed by atoms with Crippen LogP contribution in [0.15, 0.2) is 37.0 Å². The van der Waals surface area contributed by atoms with Gasteiger partial charge in [-0.05, 0) is 25.7 Å². The van der Waals surface area contributed by atoms with Crippen molar-refractivity contribution in [1.82, 2.24) is 5.32 Å². The van der Waals surface area contributed by atoms with E-state index in [2.05, 4.69) is 18.5 Å². The van der Waals surface area contributed by atoms with Gasteiger partial charge in [0.1, 0.15) is 6.61 Å². The zero-order chi connectivity index (χ0) is 17.9. The Morgan fingerprint density at radius 2 is 2.17 bits per heavy atom. The van der Waals surface area contributed by atoms with Crippen molar-refractivity contribution >= 4 is 17.8 Å². The monoisotopic (exact) mass is 333 g/mol. The van der Waals surface area contributed by atoms with Gasteiger partial charge in [0.2, 0.25) is 5.91 Å². The number of carbonyl (C=O) groups excluding carboxylic acids is 2. The van der Waals surface area contributed by atoms with E-state index in [-0.39, 0.29) is 30.5 Å². The van der Waals surface area contributed by atoms with Crippen molar-refractivity contribution in [3.8, 4) is 0 Å². The van der Waals surface area contributed by atoms with Gasteiger partial charge >= 0.3 is 11.9 Å². The fourth-order valence-corrected chi connectivity index (χ4v) is 3.82. The standard InChI is InChI=1S/C18H23NO5/c1-4-6-18-7-5-12(10-18)13(16(21)22)14(18)15(20)19-8-9-24-17(23)11(2)3/h4-5,7,12-14H,1-2,6,8-10H2,3H3,(H,19,20)(H,21,22). The summed E-state index contributed by atoms with van der Waals surface area (Å²) in [4.78, 5) is 35.5. The summed E-state index contributed by atoms with van der Waals surface area (Å²) < 4.78 is 4.93. The van der Waals surface area contributed by atoms with Crippen molar-refractivity contribution in [2.45, 2.75) is 19.8 Å². The Kier molecular flexibility index (Phi) is 5.26. The summed E-state index contributed by atoms with van der Waals surface area (Å²) in [5.41, 5.74) is -0.191. The van der Waals surface area contributed by atoms with Crippen molar-refractivity contribution in [2.24, 2.45) is 23.2 Å². The van der Waals surface area contributed by atoms with E-state index in [4.69, 9.17) is 4.74 Å². The number of carbonyl (C=O) groups is 3. The third-order valence-electron chi connectivity index (χ3n) is 4.81. The zero-order valence-electron chi connectivity index (χ0n) is 13.8. The highest BCUT2D eigenvalue weighted by atomic mass is 16.5. The maximum atomic E-state index is 12.6. The maximum Gasteiger partial charge on any atom is 0.333 e. The molecular weight excluding hydrogens is 310 g/mol. The van der Waals surface area contributed by atoms with Crippen molar-refractivity contribution in [2.75, 3.05) is 13.2 Å². The average Bonchev–Trinajstić information content (AvgIpc) is 3.06. The number of nitrogens with one attached hydrogen (secondary N) is 1. The topological polar surface area (TPSA) is 92.7 Å². The molecule has 0 aromatic carbocycles. The van der Waals surface area contributed by atoms with Gasteiger partial charge in [-0.25, -0.2) is 4.79 Å². The molecule has 2 rings (SSSR count). The summed E-state index contributed by atoms with van der Waals surface area (Å²) in [5.74, 6) is -3.28. The molecule has 2 N–H and O–H groups in total. The molecule has 4 atom stereocenters. The van der Waals surface area contributed by atoms with Crippen LogP contribution in [0.1, 0.15) is 19.8 Å². The SMILES string of the molecule is C=CCC12C=CC(C1)C(C(=O)O)C2C(=O)NCCOC(=O)C(=C)C. The first-order valence-corrected chi connectivity index (χ1v) is 7.96. The molecule has 2 aliphatic rings. The minimum atomic E-state index is -0.954. The average molecular weight is 333 g/mol. The summed E-state index contributed by atoms with van der Waals surface area (Å²) in [6.45, 7) is 8.91. The minimum absolute atomic E-state index is 0.0234. The molecule has 6 nitrogen and oxygen atoms in total. The van der Waals surface area contributed by atoms with Crippen LogP contribution in [0.5, 0.6) is 0 Å². The molecule has 4 unspecified atom stereocenters. The lowest BCUT2D eigenvalue weighted by Crippen LogP contribution is -2.45. The van der Waals surface area contributed by atoms with E-state index in [9.17, 15) is 19.5 Å². The molecule has 2 aliphatic carbocycles. The Bertz CT molecular complexity index is 609. The molecule has 0 aliphatic heterocycles. The smallest absolute Gasteiger partial charge is 0.333 e. The first-order valence-electron chi connectivity index (χ1n) is 7.96. The van der Waals surface area contributed by atoms with Crippen molar-refractivity contribution in [1.29, 1.82) is 0 Å². The summed E-state index contributed by atoms with van der Waals surface area (Å²) in [6, 6.07) is 0. The Morgan fingerprint density at radius 3 is 2.75 bits per heavy atom. The second-order valence-electron chi connectivity index (χ2n) is 6.50. The van der Waals surface area contributed by atoms with E-state index in [0.29, 0.717) is 12.8 Å². The molecule has 1 fully saturated rings. The summed E-state index contributed by atoms with van der Waals surface area (Å²) in [5, 5.41) is 12.2. The molecule has 0 saturated heterocycles. The number of carboxylic acids is 1. The highest BCUT2D eigenvalue weighted by Crippen LogP contribution is 2.58. The van der Waals surface area contributed by atoms with E-state index in [1.165, 1.54) is 0 Å². The van der Waals surface area contributed by atoms with Crippen molar-refractivity contribution in [3.63, 3.8) is 0 Å². The lowest BCUT2D eigenvalue weighted by atomic mass is 9.71. The normalized spacial score (nSPS) is 30.0. The van der Waals surface area contributed by atoms with Crippen LogP contribution in [0.2, 0.25) is 0 Å². The van der Waals surface area contributed by atoms with E-state index in [0.717, 1.165) is 0 Å². The predicted molar refractivity (Wildman–Crippen MR) is 87.9 cm³/mol. The number of allylic oxidation sites excluding steroid dienone is 3. The molecule has 2 bridgehead atoms. The molecule has 24 heavy (non-hydrogen) atoms. The van der Waals surface area contributed by atoms with E-state index in [1.807, 2.05) is 12.2 Å². The lowest BCUT2D eigenvalue weighted by Gasteiger charge is -2.33. The number of esters is 1. The quantitative estimate of drug-likeness (QED) is 0.305. The van der Waals surface area contributed by atoms with Gasteiger partial charge in [-0.2, -0.15) is 0 Å². The van der Waals surface area contributed by atoms with Gasteiger partial charge in [0.15, 0.2) is 0 Å². The highest BCUT2D eigenvalue weighted by molar-refractivity contribution is 5.88. The molecule has 0 heterocycles. The summed E-state index contributed by atoms with van der Waals surface area (Å²) >= 11 is 0. The first-order chi connectivity index (χ1) is 11.3.